The molecule has 0 radical (unpaired) electrons. The first-order valence-electron chi connectivity index (χ1n) is 13.2. The van der Waals surface area contributed by atoms with Gasteiger partial charge in [-0.2, -0.15) is 0 Å². The normalized spacial score (nSPS) is 18.4. The zero-order chi connectivity index (χ0) is 24.7. The summed E-state index contributed by atoms with van der Waals surface area (Å²) < 4.78 is 1.93. The van der Waals surface area contributed by atoms with Crippen LogP contribution in [0.5, 0.6) is 0 Å². The van der Waals surface area contributed by atoms with E-state index < -0.39 is 0 Å². The van der Waals surface area contributed by atoms with Gasteiger partial charge in [0.15, 0.2) is 10.9 Å². The van der Waals surface area contributed by atoms with Gasteiger partial charge in [0.05, 0.1) is 17.0 Å². The van der Waals surface area contributed by atoms with Crippen molar-refractivity contribution in [2.45, 2.75) is 74.9 Å². The van der Waals surface area contributed by atoms with Crippen LogP contribution in [0.1, 0.15) is 72.9 Å². The Morgan fingerprint density at radius 2 is 1.75 bits per heavy atom. The van der Waals surface area contributed by atoms with Crippen LogP contribution in [0.2, 0.25) is 5.02 Å². The maximum atomic E-state index is 14.4. The summed E-state index contributed by atoms with van der Waals surface area (Å²) in [6.45, 7) is 0.703. The number of rotatable bonds is 6. The highest BCUT2D eigenvalue weighted by Gasteiger charge is 2.44. The third kappa shape index (κ3) is 4.35. The number of aromatic nitrogens is 2. The summed E-state index contributed by atoms with van der Waals surface area (Å²) in [6.07, 6.45) is 10.1. The van der Waals surface area contributed by atoms with Crippen LogP contribution < -0.4 is 5.56 Å². The molecule has 6 rings (SSSR count). The Kier molecular flexibility index (Phi) is 6.55. The third-order valence-corrected chi connectivity index (χ3v) is 9.67. The number of carbonyl (C=O) groups is 1. The van der Waals surface area contributed by atoms with Crippen molar-refractivity contribution in [2.24, 2.45) is 5.92 Å². The fourth-order valence-corrected chi connectivity index (χ4v) is 7.64. The van der Waals surface area contributed by atoms with Crippen molar-refractivity contribution in [2.75, 3.05) is 5.75 Å². The molecule has 0 bridgehead atoms. The lowest BCUT2D eigenvalue weighted by atomic mass is 9.68. The van der Waals surface area contributed by atoms with E-state index in [0.717, 1.165) is 61.8 Å². The van der Waals surface area contributed by atoms with Crippen LogP contribution in [0.3, 0.4) is 0 Å². The molecule has 0 amide bonds. The first-order valence-corrected chi connectivity index (χ1v) is 14.6. The number of fused-ring (bicyclic) bond motifs is 4. The van der Waals surface area contributed by atoms with E-state index in [-0.39, 0.29) is 22.5 Å². The van der Waals surface area contributed by atoms with E-state index in [1.807, 2.05) is 10.6 Å². The van der Waals surface area contributed by atoms with Gasteiger partial charge in [0, 0.05) is 28.1 Å². The quantitative estimate of drug-likeness (QED) is 0.198. The van der Waals surface area contributed by atoms with Crippen LogP contribution in [0.15, 0.2) is 58.5 Å². The molecule has 0 unspecified atom stereocenters. The molecule has 0 aliphatic heterocycles. The molecule has 2 saturated carbocycles. The number of ketones is 1. The van der Waals surface area contributed by atoms with Crippen LogP contribution in [0, 0.1) is 5.92 Å². The zero-order valence-electron chi connectivity index (χ0n) is 20.5. The molecule has 3 aliphatic rings. The molecule has 1 aromatic heterocycles. The highest BCUT2D eigenvalue weighted by atomic mass is 35.5. The molecule has 3 aliphatic carbocycles. The molecule has 0 N–H and O–H groups in total. The maximum absolute atomic E-state index is 14.4. The number of thioether (sulfide) groups is 1. The fourth-order valence-electron chi connectivity index (χ4n) is 6.62. The molecule has 3 aromatic rings. The fraction of sp³-hybridized carbons (Fsp3) is 0.433. The average molecular weight is 519 g/mol. The van der Waals surface area contributed by atoms with Crippen molar-refractivity contribution in [3.05, 3.63) is 80.6 Å². The van der Waals surface area contributed by atoms with Crippen molar-refractivity contribution in [3.8, 4) is 11.3 Å². The summed E-state index contributed by atoms with van der Waals surface area (Å²) >= 11 is 7.40. The number of halogens is 1. The van der Waals surface area contributed by atoms with Gasteiger partial charge in [-0.25, -0.2) is 4.98 Å². The number of benzene rings is 2. The van der Waals surface area contributed by atoms with Gasteiger partial charge in [-0.1, -0.05) is 73.3 Å². The van der Waals surface area contributed by atoms with Crippen molar-refractivity contribution < 1.29 is 4.79 Å². The second kappa shape index (κ2) is 9.83. The molecular weight excluding hydrogens is 488 g/mol. The minimum absolute atomic E-state index is 0.0173. The van der Waals surface area contributed by atoms with Gasteiger partial charge >= 0.3 is 0 Å². The molecule has 1 spiro atoms. The maximum Gasteiger partial charge on any atom is 0.258 e. The Morgan fingerprint density at radius 1 is 1.03 bits per heavy atom. The van der Waals surface area contributed by atoms with Gasteiger partial charge < -0.3 is 0 Å². The standard InChI is InChI=1S/C30H31ClN2O2S/c31-23-13-11-21(12-14-23)25(34)19-36-29-32-27-24-10-4-3-9-22(24)17-30(15-5-6-16-30)26(27)28(35)33(29)18-20-7-1-2-8-20/h3-4,9-14,20H,1-2,5-8,15-19H2. The van der Waals surface area contributed by atoms with Crippen molar-refractivity contribution >= 4 is 29.1 Å². The summed E-state index contributed by atoms with van der Waals surface area (Å²) in [4.78, 5) is 32.5. The van der Waals surface area contributed by atoms with E-state index in [1.165, 1.54) is 30.2 Å². The van der Waals surface area contributed by atoms with Crippen molar-refractivity contribution in [3.63, 3.8) is 0 Å². The number of hydrogen-bond acceptors (Lipinski definition) is 4. The molecule has 0 saturated heterocycles. The number of hydrogen-bond donors (Lipinski definition) is 0. The van der Waals surface area contributed by atoms with Gasteiger partial charge in [-0.05, 0) is 67.9 Å². The Bertz CT molecular complexity index is 1350. The van der Waals surface area contributed by atoms with Gasteiger partial charge in [-0.15, -0.1) is 0 Å². The highest BCUT2D eigenvalue weighted by Crippen LogP contribution is 2.50. The third-order valence-electron chi connectivity index (χ3n) is 8.44. The number of nitrogens with zero attached hydrogens (tertiary/aromatic N) is 2. The predicted octanol–water partition coefficient (Wildman–Crippen LogP) is 7.10. The van der Waals surface area contributed by atoms with Gasteiger partial charge in [-0.3, -0.25) is 14.2 Å². The molecular formula is C30H31ClN2O2S. The lowest BCUT2D eigenvalue weighted by molar-refractivity contribution is 0.102. The molecule has 186 valence electrons. The van der Waals surface area contributed by atoms with Crippen LogP contribution in [0.4, 0.5) is 0 Å². The van der Waals surface area contributed by atoms with Crippen LogP contribution in [0.25, 0.3) is 11.3 Å². The van der Waals surface area contributed by atoms with E-state index in [4.69, 9.17) is 16.6 Å². The first kappa shape index (κ1) is 24.0. The minimum Gasteiger partial charge on any atom is -0.293 e. The summed E-state index contributed by atoms with van der Waals surface area (Å²) in [5, 5.41) is 1.29. The van der Waals surface area contributed by atoms with E-state index >= 15 is 0 Å². The van der Waals surface area contributed by atoms with Crippen LogP contribution in [-0.4, -0.2) is 21.1 Å². The van der Waals surface area contributed by atoms with Crippen LogP contribution >= 0.6 is 23.4 Å². The molecule has 1 heterocycles. The largest absolute Gasteiger partial charge is 0.293 e. The van der Waals surface area contributed by atoms with Gasteiger partial charge in [0.2, 0.25) is 0 Å². The number of Topliss-reactive ketones (excluding diaryl/α,β-unsaturated/α-hetero) is 1. The zero-order valence-corrected chi connectivity index (χ0v) is 22.0. The smallest absolute Gasteiger partial charge is 0.258 e. The Balaban J connectivity index is 1.44. The second-order valence-corrected chi connectivity index (χ2v) is 12.1. The lowest BCUT2D eigenvalue weighted by Gasteiger charge is -2.36. The molecule has 0 atom stereocenters. The van der Waals surface area contributed by atoms with E-state index in [0.29, 0.717) is 28.2 Å². The summed E-state index contributed by atoms with van der Waals surface area (Å²) in [5.74, 6) is 0.762. The second-order valence-electron chi connectivity index (χ2n) is 10.7. The Morgan fingerprint density at radius 3 is 2.50 bits per heavy atom. The monoisotopic (exact) mass is 518 g/mol. The summed E-state index contributed by atoms with van der Waals surface area (Å²) in [5.41, 5.74) is 4.82. The van der Waals surface area contributed by atoms with Crippen LogP contribution in [-0.2, 0) is 18.4 Å². The van der Waals surface area contributed by atoms with Gasteiger partial charge in [0.25, 0.3) is 5.56 Å². The topological polar surface area (TPSA) is 52.0 Å². The van der Waals surface area contributed by atoms with Crippen molar-refractivity contribution in [1.29, 1.82) is 0 Å². The molecule has 2 aromatic carbocycles. The molecule has 36 heavy (non-hydrogen) atoms. The minimum atomic E-state index is -0.104. The Hall–Kier alpha value is -2.37. The Labute approximate surface area is 221 Å². The SMILES string of the molecule is O=C(CSc1nc2c(c(=O)n1CC1CCCC1)C1(CCCC1)Cc1ccccc1-2)c1ccc(Cl)cc1. The molecule has 4 nitrogen and oxygen atoms in total. The number of carbonyl (C=O) groups excluding carboxylic acids is 1. The molecule has 6 heteroatoms. The predicted molar refractivity (Wildman–Crippen MR) is 146 cm³/mol. The molecule has 2 fully saturated rings. The van der Waals surface area contributed by atoms with E-state index in [2.05, 4.69) is 18.2 Å². The summed E-state index contributed by atoms with van der Waals surface area (Å²) in [6, 6.07) is 15.4. The first-order chi connectivity index (χ1) is 17.5. The highest BCUT2D eigenvalue weighted by molar-refractivity contribution is 7.99. The van der Waals surface area contributed by atoms with E-state index in [1.54, 1.807) is 24.3 Å². The van der Waals surface area contributed by atoms with Gasteiger partial charge in [0.1, 0.15) is 0 Å². The van der Waals surface area contributed by atoms with Crippen molar-refractivity contribution in [1.82, 2.24) is 9.55 Å². The summed E-state index contributed by atoms with van der Waals surface area (Å²) in [7, 11) is 0. The lowest BCUT2D eigenvalue weighted by Crippen LogP contribution is -2.41. The van der Waals surface area contributed by atoms with E-state index in [9.17, 15) is 9.59 Å². The average Bonchev–Trinajstić information content (AvgIpc) is 3.57.